The number of nitro groups is 1. The number of nitro benzene ring substituents is 1. The van der Waals surface area contributed by atoms with Gasteiger partial charge in [-0.1, -0.05) is 12.1 Å². The fourth-order valence-electron chi connectivity index (χ4n) is 1.59. The molecular formula is C12H14N4O4. The maximum Gasteiger partial charge on any atom is 0.271 e. The highest BCUT2D eigenvalue weighted by Crippen LogP contribution is 2.28. The molecule has 8 nitrogen and oxygen atoms in total. The van der Waals surface area contributed by atoms with Crippen molar-refractivity contribution in [2.75, 3.05) is 12.3 Å². The molecule has 2 aromatic rings. The molecule has 1 aromatic carbocycles. The molecule has 106 valence electrons. The van der Waals surface area contributed by atoms with Gasteiger partial charge in [-0.05, 0) is 12.5 Å². The Morgan fingerprint density at radius 3 is 2.95 bits per heavy atom. The number of ether oxygens (including phenoxy) is 1. The molecule has 0 radical (unpaired) electrons. The van der Waals surface area contributed by atoms with Gasteiger partial charge in [-0.25, -0.2) is 0 Å². The molecule has 8 heteroatoms. The van der Waals surface area contributed by atoms with Crippen LogP contribution >= 0.6 is 0 Å². The summed E-state index contributed by atoms with van der Waals surface area (Å²) in [5.41, 5.74) is 6.35. The summed E-state index contributed by atoms with van der Waals surface area (Å²) in [5.74, 6) is 0.624. The maximum atomic E-state index is 10.6. The monoisotopic (exact) mass is 278 g/mol. The smallest absolute Gasteiger partial charge is 0.271 e. The molecule has 1 aromatic heterocycles. The van der Waals surface area contributed by atoms with Gasteiger partial charge >= 0.3 is 0 Å². The standard InChI is InChI=1S/C12H14N4O4/c1-2-5-19-7-11-14-12(20-15-11)9-4-3-8(16(17)18)6-10(9)13/h3-4,6H,2,5,7,13H2,1H3. The quantitative estimate of drug-likeness (QED) is 0.372. The highest BCUT2D eigenvalue weighted by atomic mass is 16.6. The summed E-state index contributed by atoms with van der Waals surface area (Å²) in [5, 5.41) is 14.4. The normalized spacial score (nSPS) is 10.7. The largest absolute Gasteiger partial charge is 0.398 e. The number of non-ortho nitro benzene ring substituents is 1. The minimum Gasteiger partial charge on any atom is -0.398 e. The summed E-state index contributed by atoms with van der Waals surface area (Å²) in [6.07, 6.45) is 0.903. The average Bonchev–Trinajstić information content (AvgIpc) is 2.87. The average molecular weight is 278 g/mol. The van der Waals surface area contributed by atoms with Crippen molar-refractivity contribution in [2.45, 2.75) is 20.0 Å². The summed E-state index contributed by atoms with van der Waals surface area (Å²) >= 11 is 0. The number of aromatic nitrogens is 2. The zero-order chi connectivity index (χ0) is 14.5. The van der Waals surface area contributed by atoms with Crippen LogP contribution < -0.4 is 5.73 Å². The lowest BCUT2D eigenvalue weighted by atomic mass is 10.1. The highest BCUT2D eigenvalue weighted by molar-refractivity contribution is 5.72. The van der Waals surface area contributed by atoms with Crippen molar-refractivity contribution in [3.8, 4) is 11.5 Å². The first kappa shape index (κ1) is 13.9. The second-order valence-electron chi connectivity index (χ2n) is 4.10. The van der Waals surface area contributed by atoms with Gasteiger partial charge in [0, 0.05) is 18.7 Å². The van der Waals surface area contributed by atoms with Gasteiger partial charge in [-0.3, -0.25) is 10.1 Å². The van der Waals surface area contributed by atoms with Crippen molar-refractivity contribution < 1.29 is 14.2 Å². The molecule has 1 heterocycles. The third-order valence-corrected chi connectivity index (χ3v) is 2.52. The summed E-state index contributed by atoms with van der Waals surface area (Å²) < 4.78 is 10.4. The molecule has 0 saturated heterocycles. The van der Waals surface area contributed by atoms with Crippen molar-refractivity contribution in [3.63, 3.8) is 0 Å². The molecule has 0 aliphatic rings. The van der Waals surface area contributed by atoms with E-state index in [1.54, 1.807) is 0 Å². The molecule has 0 fully saturated rings. The van der Waals surface area contributed by atoms with Crippen molar-refractivity contribution >= 4 is 11.4 Å². The van der Waals surface area contributed by atoms with Crippen LogP contribution in [0.3, 0.4) is 0 Å². The molecule has 0 spiro atoms. The van der Waals surface area contributed by atoms with Gasteiger partial charge in [0.25, 0.3) is 11.6 Å². The third kappa shape index (κ3) is 3.09. The number of nitrogen functional groups attached to an aromatic ring is 1. The van der Waals surface area contributed by atoms with Crippen LogP contribution in [0.25, 0.3) is 11.5 Å². The molecule has 0 aliphatic heterocycles. The van der Waals surface area contributed by atoms with Gasteiger partial charge in [-0.15, -0.1) is 0 Å². The van der Waals surface area contributed by atoms with E-state index in [2.05, 4.69) is 10.1 Å². The van der Waals surface area contributed by atoms with Gasteiger partial charge in [0.1, 0.15) is 6.61 Å². The highest BCUT2D eigenvalue weighted by Gasteiger charge is 2.15. The van der Waals surface area contributed by atoms with E-state index in [0.717, 1.165) is 6.42 Å². The molecule has 0 amide bonds. The summed E-state index contributed by atoms with van der Waals surface area (Å²) in [7, 11) is 0. The number of hydrogen-bond acceptors (Lipinski definition) is 7. The van der Waals surface area contributed by atoms with E-state index in [0.29, 0.717) is 18.0 Å². The van der Waals surface area contributed by atoms with Crippen LogP contribution in [0.1, 0.15) is 19.2 Å². The summed E-state index contributed by atoms with van der Waals surface area (Å²) in [6, 6.07) is 4.08. The van der Waals surface area contributed by atoms with E-state index in [1.807, 2.05) is 6.92 Å². The van der Waals surface area contributed by atoms with Gasteiger partial charge in [0.15, 0.2) is 5.82 Å². The zero-order valence-electron chi connectivity index (χ0n) is 10.9. The maximum absolute atomic E-state index is 10.6. The lowest BCUT2D eigenvalue weighted by Crippen LogP contribution is -1.96. The Morgan fingerprint density at radius 1 is 1.50 bits per heavy atom. The SMILES string of the molecule is CCCOCc1noc(-c2ccc([N+](=O)[O-])cc2N)n1. The van der Waals surface area contributed by atoms with E-state index in [1.165, 1.54) is 18.2 Å². The second kappa shape index (κ2) is 6.11. The van der Waals surface area contributed by atoms with Crippen LogP contribution in [0.2, 0.25) is 0 Å². The Labute approximate surface area is 114 Å². The molecule has 0 bridgehead atoms. The predicted octanol–water partition coefficient (Wildman–Crippen LogP) is 2.15. The number of nitrogens with two attached hydrogens (primary N) is 1. The Bertz CT molecular complexity index is 611. The first-order chi connectivity index (χ1) is 9.61. The number of benzene rings is 1. The van der Waals surface area contributed by atoms with E-state index >= 15 is 0 Å². The number of hydrogen-bond donors (Lipinski definition) is 1. The fraction of sp³-hybridized carbons (Fsp3) is 0.333. The lowest BCUT2D eigenvalue weighted by molar-refractivity contribution is -0.384. The number of nitrogens with zero attached hydrogens (tertiary/aromatic N) is 3. The van der Waals surface area contributed by atoms with Crippen LogP contribution in [0.4, 0.5) is 11.4 Å². The van der Waals surface area contributed by atoms with Crippen LogP contribution in [0.5, 0.6) is 0 Å². The Balaban J connectivity index is 2.17. The van der Waals surface area contributed by atoms with Gasteiger partial charge < -0.3 is 15.0 Å². The fourth-order valence-corrected chi connectivity index (χ4v) is 1.59. The van der Waals surface area contributed by atoms with E-state index in [9.17, 15) is 10.1 Å². The second-order valence-corrected chi connectivity index (χ2v) is 4.10. The van der Waals surface area contributed by atoms with Crippen LogP contribution in [0.15, 0.2) is 22.7 Å². The first-order valence-electron chi connectivity index (χ1n) is 6.06. The van der Waals surface area contributed by atoms with E-state index in [-0.39, 0.29) is 23.9 Å². The molecule has 2 rings (SSSR count). The minimum absolute atomic E-state index is 0.0859. The molecule has 0 atom stereocenters. The zero-order valence-corrected chi connectivity index (χ0v) is 10.9. The van der Waals surface area contributed by atoms with E-state index < -0.39 is 4.92 Å². The topological polar surface area (TPSA) is 117 Å². The molecule has 0 unspecified atom stereocenters. The van der Waals surface area contributed by atoms with Crippen molar-refractivity contribution in [2.24, 2.45) is 0 Å². The minimum atomic E-state index is -0.516. The predicted molar refractivity (Wildman–Crippen MR) is 70.7 cm³/mol. The van der Waals surface area contributed by atoms with Crippen molar-refractivity contribution in [3.05, 3.63) is 34.1 Å². The van der Waals surface area contributed by atoms with Crippen LogP contribution in [0, 0.1) is 10.1 Å². The Morgan fingerprint density at radius 2 is 2.30 bits per heavy atom. The van der Waals surface area contributed by atoms with Gasteiger partial charge in [-0.2, -0.15) is 4.98 Å². The number of anilines is 1. The molecule has 2 N–H and O–H groups in total. The molecule has 0 aliphatic carbocycles. The number of rotatable bonds is 6. The van der Waals surface area contributed by atoms with E-state index in [4.69, 9.17) is 15.0 Å². The first-order valence-corrected chi connectivity index (χ1v) is 6.06. The summed E-state index contributed by atoms with van der Waals surface area (Å²) in [4.78, 5) is 14.3. The van der Waals surface area contributed by atoms with Gasteiger partial charge in [0.05, 0.1) is 16.2 Å². The summed E-state index contributed by atoms with van der Waals surface area (Å²) in [6.45, 7) is 2.87. The molecular weight excluding hydrogens is 264 g/mol. The van der Waals surface area contributed by atoms with Crippen LogP contribution in [-0.2, 0) is 11.3 Å². The lowest BCUT2D eigenvalue weighted by Gasteiger charge is -1.99. The Hall–Kier alpha value is -2.48. The molecule has 0 saturated carbocycles. The Kier molecular flexibility index (Phi) is 4.26. The molecule has 20 heavy (non-hydrogen) atoms. The van der Waals surface area contributed by atoms with Crippen molar-refractivity contribution in [1.82, 2.24) is 10.1 Å². The van der Waals surface area contributed by atoms with Gasteiger partial charge in [0.2, 0.25) is 0 Å². The van der Waals surface area contributed by atoms with Crippen LogP contribution in [-0.4, -0.2) is 21.7 Å². The van der Waals surface area contributed by atoms with Crippen molar-refractivity contribution in [1.29, 1.82) is 0 Å². The third-order valence-electron chi connectivity index (χ3n) is 2.52.